The Balaban J connectivity index is 2.00. The third-order valence-corrected chi connectivity index (χ3v) is 3.26. The third kappa shape index (κ3) is 2.34. The van der Waals surface area contributed by atoms with E-state index in [1.165, 1.54) is 6.20 Å². The smallest absolute Gasteiger partial charge is 0.269 e. The number of aromatic nitrogens is 3. The summed E-state index contributed by atoms with van der Waals surface area (Å²) < 4.78 is 39.7. The van der Waals surface area contributed by atoms with Crippen LogP contribution in [0.2, 0.25) is 0 Å². The van der Waals surface area contributed by atoms with Gasteiger partial charge in [0, 0.05) is 24.0 Å². The number of aryl methyl sites for hydroxylation is 2. The molecule has 0 amide bonds. The Labute approximate surface area is 108 Å². The number of pyridine rings is 1. The van der Waals surface area contributed by atoms with Crippen molar-refractivity contribution in [3.05, 3.63) is 35.8 Å². The van der Waals surface area contributed by atoms with Crippen molar-refractivity contribution in [2.45, 2.75) is 32.0 Å². The van der Waals surface area contributed by atoms with Gasteiger partial charge in [0.05, 0.1) is 5.69 Å². The summed E-state index contributed by atoms with van der Waals surface area (Å²) >= 11 is 0. The Morgan fingerprint density at radius 2 is 2.00 bits per heavy atom. The van der Waals surface area contributed by atoms with Crippen molar-refractivity contribution in [2.24, 2.45) is 0 Å². The van der Waals surface area contributed by atoms with E-state index in [0.29, 0.717) is 11.3 Å². The van der Waals surface area contributed by atoms with Crippen LogP contribution in [0.15, 0.2) is 24.4 Å². The number of halogens is 3. The van der Waals surface area contributed by atoms with E-state index in [4.69, 9.17) is 0 Å². The maximum atomic E-state index is 12.6. The minimum atomic E-state index is -4.42. The average Bonchev–Trinajstić information content (AvgIpc) is 2.81. The zero-order valence-electron chi connectivity index (χ0n) is 10.1. The number of nitrogens with zero attached hydrogens (tertiary/aromatic N) is 3. The van der Waals surface area contributed by atoms with Crippen LogP contribution in [0.1, 0.15) is 24.2 Å². The Hall–Kier alpha value is -1.85. The van der Waals surface area contributed by atoms with Crippen molar-refractivity contribution in [1.29, 1.82) is 0 Å². The van der Waals surface area contributed by atoms with Crippen LogP contribution in [0.25, 0.3) is 11.3 Å². The first-order chi connectivity index (χ1) is 9.04. The van der Waals surface area contributed by atoms with Gasteiger partial charge in [-0.05, 0) is 37.5 Å². The zero-order valence-corrected chi connectivity index (χ0v) is 10.1. The lowest BCUT2D eigenvalue weighted by atomic mass is 10.1. The van der Waals surface area contributed by atoms with E-state index < -0.39 is 11.9 Å². The molecular formula is C13H12F3N3. The summed E-state index contributed by atoms with van der Waals surface area (Å²) in [5, 5.41) is 4.37. The lowest BCUT2D eigenvalue weighted by Gasteiger charge is -2.11. The van der Waals surface area contributed by atoms with Crippen molar-refractivity contribution in [1.82, 2.24) is 14.8 Å². The monoisotopic (exact) mass is 267 g/mol. The summed E-state index contributed by atoms with van der Waals surface area (Å²) in [6.07, 6.45) is -0.135. The zero-order chi connectivity index (χ0) is 13.5. The van der Waals surface area contributed by atoms with Crippen LogP contribution >= 0.6 is 0 Å². The minimum absolute atomic E-state index is 0.462. The van der Waals surface area contributed by atoms with Gasteiger partial charge in [0.25, 0.3) is 0 Å². The molecule has 3 rings (SSSR count). The molecule has 3 nitrogen and oxygen atoms in total. The highest BCUT2D eigenvalue weighted by molar-refractivity contribution is 5.59. The lowest BCUT2D eigenvalue weighted by molar-refractivity contribution is -0.141. The lowest BCUT2D eigenvalue weighted by Crippen LogP contribution is -2.10. The van der Waals surface area contributed by atoms with E-state index >= 15 is 0 Å². The second-order valence-electron chi connectivity index (χ2n) is 4.63. The Bertz CT molecular complexity index is 578. The van der Waals surface area contributed by atoms with Gasteiger partial charge >= 0.3 is 6.18 Å². The molecule has 0 saturated carbocycles. The van der Waals surface area contributed by atoms with E-state index in [0.717, 1.165) is 37.6 Å². The molecule has 0 spiro atoms. The summed E-state index contributed by atoms with van der Waals surface area (Å²) in [5.74, 6) is 0. The van der Waals surface area contributed by atoms with Crippen molar-refractivity contribution in [3.8, 4) is 11.3 Å². The maximum absolute atomic E-state index is 12.6. The second kappa shape index (κ2) is 4.36. The number of hydrogen-bond donors (Lipinski definition) is 0. The van der Waals surface area contributed by atoms with Crippen LogP contribution in [-0.2, 0) is 19.1 Å². The van der Waals surface area contributed by atoms with Crippen LogP contribution in [0.3, 0.4) is 0 Å². The van der Waals surface area contributed by atoms with E-state index in [2.05, 4.69) is 10.1 Å². The summed E-state index contributed by atoms with van der Waals surface area (Å²) in [6, 6.07) is 4.48. The minimum Gasteiger partial charge on any atom is -0.269 e. The topological polar surface area (TPSA) is 30.7 Å². The van der Waals surface area contributed by atoms with E-state index in [-0.39, 0.29) is 0 Å². The summed E-state index contributed by atoms with van der Waals surface area (Å²) in [4.78, 5) is 3.36. The number of fused-ring (bicyclic) bond motifs is 1. The molecule has 0 fully saturated rings. The number of alkyl halides is 3. The van der Waals surface area contributed by atoms with Gasteiger partial charge in [-0.25, -0.2) is 0 Å². The van der Waals surface area contributed by atoms with Crippen molar-refractivity contribution in [3.63, 3.8) is 0 Å². The van der Waals surface area contributed by atoms with Crippen molar-refractivity contribution in [2.75, 3.05) is 0 Å². The van der Waals surface area contributed by atoms with Gasteiger partial charge in [-0.2, -0.15) is 18.3 Å². The highest BCUT2D eigenvalue weighted by atomic mass is 19.4. The average molecular weight is 267 g/mol. The highest BCUT2D eigenvalue weighted by Gasteiger charge is 2.32. The Morgan fingerprint density at radius 3 is 2.74 bits per heavy atom. The fourth-order valence-electron chi connectivity index (χ4n) is 2.30. The molecular weight excluding hydrogens is 255 g/mol. The third-order valence-electron chi connectivity index (χ3n) is 3.26. The van der Waals surface area contributed by atoms with Crippen molar-refractivity contribution < 1.29 is 13.2 Å². The van der Waals surface area contributed by atoms with Gasteiger partial charge in [0.1, 0.15) is 5.69 Å². The number of hydrogen-bond acceptors (Lipinski definition) is 2. The van der Waals surface area contributed by atoms with Crippen LogP contribution < -0.4 is 0 Å². The predicted octanol–water partition coefficient (Wildman–Crippen LogP) is 3.30. The molecule has 2 aromatic rings. The maximum Gasteiger partial charge on any atom is 0.433 e. The van der Waals surface area contributed by atoms with Crippen molar-refractivity contribution >= 4 is 0 Å². The normalized spacial score (nSPS) is 15.3. The molecule has 0 unspecified atom stereocenters. The molecule has 2 aromatic heterocycles. The molecule has 0 atom stereocenters. The van der Waals surface area contributed by atoms with E-state index in [1.54, 1.807) is 6.07 Å². The van der Waals surface area contributed by atoms with Gasteiger partial charge < -0.3 is 0 Å². The molecule has 0 aliphatic carbocycles. The van der Waals surface area contributed by atoms with Gasteiger partial charge in [0.15, 0.2) is 0 Å². The largest absolute Gasteiger partial charge is 0.433 e. The highest BCUT2D eigenvalue weighted by Crippen LogP contribution is 2.30. The van der Waals surface area contributed by atoms with Gasteiger partial charge in [-0.3, -0.25) is 9.67 Å². The van der Waals surface area contributed by atoms with Crippen LogP contribution in [-0.4, -0.2) is 14.8 Å². The molecule has 100 valence electrons. The quantitative estimate of drug-likeness (QED) is 0.793. The van der Waals surface area contributed by atoms with E-state index in [9.17, 15) is 13.2 Å². The van der Waals surface area contributed by atoms with E-state index in [1.807, 2.05) is 10.7 Å². The molecule has 0 radical (unpaired) electrons. The molecule has 0 aromatic carbocycles. The molecule has 1 aliphatic rings. The standard InChI is InChI=1S/C13H12F3N3/c14-13(15,16)12-7-9(4-5-17-12)11-8-10-3-1-2-6-19(10)18-11/h4-5,7-8H,1-3,6H2. The SMILES string of the molecule is FC(F)(F)c1cc(-c2cc3n(n2)CCCC3)ccn1. The molecule has 19 heavy (non-hydrogen) atoms. The van der Waals surface area contributed by atoms with Crippen LogP contribution in [0.5, 0.6) is 0 Å². The molecule has 0 saturated heterocycles. The summed E-state index contributed by atoms with van der Waals surface area (Å²) in [5.41, 5.74) is 1.26. The molecule has 0 N–H and O–H groups in total. The van der Waals surface area contributed by atoms with Gasteiger partial charge in [-0.15, -0.1) is 0 Å². The summed E-state index contributed by atoms with van der Waals surface area (Å²) in [7, 11) is 0. The van der Waals surface area contributed by atoms with Gasteiger partial charge in [0.2, 0.25) is 0 Å². The summed E-state index contributed by atoms with van der Waals surface area (Å²) in [6.45, 7) is 0.840. The first-order valence-electron chi connectivity index (χ1n) is 6.14. The molecule has 6 heteroatoms. The Kier molecular flexibility index (Phi) is 2.80. The fourth-order valence-corrected chi connectivity index (χ4v) is 2.30. The molecule has 3 heterocycles. The fraction of sp³-hybridized carbons (Fsp3) is 0.385. The number of rotatable bonds is 1. The predicted molar refractivity (Wildman–Crippen MR) is 63.4 cm³/mol. The van der Waals surface area contributed by atoms with Crippen LogP contribution in [0.4, 0.5) is 13.2 Å². The molecule has 0 bridgehead atoms. The van der Waals surface area contributed by atoms with Crippen LogP contribution in [0, 0.1) is 0 Å². The first-order valence-corrected chi connectivity index (χ1v) is 6.14. The van der Waals surface area contributed by atoms with Gasteiger partial charge in [-0.1, -0.05) is 0 Å². The Morgan fingerprint density at radius 1 is 1.16 bits per heavy atom. The first kappa shape index (κ1) is 12.2. The molecule has 1 aliphatic heterocycles. The second-order valence-corrected chi connectivity index (χ2v) is 4.63.